The van der Waals surface area contributed by atoms with E-state index in [4.69, 9.17) is 4.74 Å². The highest BCUT2D eigenvalue weighted by molar-refractivity contribution is 4.88. The standard InChI is InChI=1S/C14H30N2O/c1-5-13(3)9-16(4)11-14(10-15-6-2)7-8-17-12-14/h13,15H,5-12H2,1-4H3. The number of nitrogens with one attached hydrogen (secondary N) is 1. The van der Waals surface area contributed by atoms with Crippen LogP contribution < -0.4 is 5.32 Å². The molecule has 2 unspecified atom stereocenters. The minimum Gasteiger partial charge on any atom is -0.381 e. The molecule has 0 saturated carbocycles. The lowest BCUT2D eigenvalue weighted by molar-refractivity contribution is 0.113. The fourth-order valence-electron chi connectivity index (χ4n) is 2.66. The van der Waals surface area contributed by atoms with Gasteiger partial charge in [0.1, 0.15) is 0 Å². The van der Waals surface area contributed by atoms with Gasteiger partial charge in [-0.15, -0.1) is 0 Å². The van der Waals surface area contributed by atoms with Crippen LogP contribution in [0.3, 0.4) is 0 Å². The molecule has 1 heterocycles. The van der Waals surface area contributed by atoms with Crippen molar-refractivity contribution in [2.24, 2.45) is 11.3 Å². The summed E-state index contributed by atoms with van der Waals surface area (Å²) in [6.45, 7) is 13.1. The van der Waals surface area contributed by atoms with Gasteiger partial charge in [0, 0.05) is 31.7 Å². The van der Waals surface area contributed by atoms with Crippen LogP contribution >= 0.6 is 0 Å². The van der Waals surface area contributed by atoms with Gasteiger partial charge < -0.3 is 15.0 Å². The summed E-state index contributed by atoms with van der Waals surface area (Å²) in [6.07, 6.45) is 2.46. The van der Waals surface area contributed by atoms with Gasteiger partial charge in [-0.3, -0.25) is 0 Å². The van der Waals surface area contributed by atoms with Crippen LogP contribution in [-0.4, -0.2) is 51.3 Å². The summed E-state index contributed by atoms with van der Waals surface area (Å²) in [6, 6.07) is 0. The SMILES string of the molecule is CCNCC1(CN(C)CC(C)CC)CCOC1. The highest BCUT2D eigenvalue weighted by atomic mass is 16.5. The molecule has 1 aliphatic rings. The molecule has 1 saturated heterocycles. The third-order valence-electron chi connectivity index (χ3n) is 3.86. The highest BCUT2D eigenvalue weighted by Crippen LogP contribution is 2.29. The summed E-state index contributed by atoms with van der Waals surface area (Å²) in [5.74, 6) is 0.790. The van der Waals surface area contributed by atoms with E-state index in [1.54, 1.807) is 0 Å². The summed E-state index contributed by atoms with van der Waals surface area (Å²) in [5.41, 5.74) is 0.345. The average molecular weight is 242 g/mol. The van der Waals surface area contributed by atoms with Crippen LogP contribution in [0.25, 0.3) is 0 Å². The Morgan fingerprint density at radius 2 is 2.18 bits per heavy atom. The van der Waals surface area contributed by atoms with Gasteiger partial charge in [-0.05, 0) is 25.9 Å². The summed E-state index contributed by atoms with van der Waals surface area (Å²) < 4.78 is 5.62. The minimum atomic E-state index is 0.345. The zero-order valence-corrected chi connectivity index (χ0v) is 12.1. The second kappa shape index (κ2) is 7.34. The molecule has 0 aromatic carbocycles. The molecule has 0 aromatic heterocycles. The van der Waals surface area contributed by atoms with Crippen molar-refractivity contribution < 1.29 is 4.74 Å². The number of rotatable bonds is 8. The third kappa shape index (κ3) is 4.94. The van der Waals surface area contributed by atoms with Crippen molar-refractivity contribution in [3.05, 3.63) is 0 Å². The number of hydrogen-bond acceptors (Lipinski definition) is 3. The summed E-state index contributed by atoms with van der Waals surface area (Å²) in [4.78, 5) is 2.49. The normalized spacial score (nSPS) is 26.6. The second-order valence-electron chi connectivity index (χ2n) is 5.79. The van der Waals surface area contributed by atoms with Crippen molar-refractivity contribution in [2.75, 3.05) is 46.4 Å². The smallest absolute Gasteiger partial charge is 0.0547 e. The molecule has 3 heteroatoms. The maximum atomic E-state index is 5.62. The topological polar surface area (TPSA) is 24.5 Å². The molecular formula is C14H30N2O. The van der Waals surface area contributed by atoms with E-state index in [0.717, 1.165) is 38.8 Å². The van der Waals surface area contributed by atoms with Gasteiger partial charge in [0.15, 0.2) is 0 Å². The van der Waals surface area contributed by atoms with Gasteiger partial charge in [0.2, 0.25) is 0 Å². The Balaban J connectivity index is 2.42. The van der Waals surface area contributed by atoms with E-state index in [0.29, 0.717) is 5.41 Å². The van der Waals surface area contributed by atoms with Crippen molar-refractivity contribution in [3.8, 4) is 0 Å². The fraction of sp³-hybridized carbons (Fsp3) is 1.00. The number of nitrogens with zero attached hydrogens (tertiary/aromatic N) is 1. The molecule has 0 aliphatic carbocycles. The van der Waals surface area contributed by atoms with Crippen molar-refractivity contribution in [1.82, 2.24) is 10.2 Å². The molecule has 1 aliphatic heterocycles. The molecule has 0 aromatic rings. The van der Waals surface area contributed by atoms with Crippen LogP contribution in [0.4, 0.5) is 0 Å². The maximum Gasteiger partial charge on any atom is 0.0547 e. The lowest BCUT2D eigenvalue weighted by Crippen LogP contribution is -2.44. The van der Waals surface area contributed by atoms with Crippen LogP contribution in [0.2, 0.25) is 0 Å². The van der Waals surface area contributed by atoms with E-state index in [-0.39, 0.29) is 0 Å². The molecule has 0 bridgehead atoms. The lowest BCUT2D eigenvalue weighted by Gasteiger charge is -2.33. The van der Waals surface area contributed by atoms with Crippen LogP contribution in [0.1, 0.15) is 33.6 Å². The third-order valence-corrected chi connectivity index (χ3v) is 3.86. The Bertz CT molecular complexity index is 202. The predicted octanol–water partition coefficient (Wildman–Crippen LogP) is 1.98. The van der Waals surface area contributed by atoms with E-state index in [9.17, 15) is 0 Å². The Labute approximate surface area is 107 Å². The van der Waals surface area contributed by atoms with Crippen molar-refractivity contribution in [3.63, 3.8) is 0 Å². The number of ether oxygens (including phenoxy) is 1. The van der Waals surface area contributed by atoms with Crippen LogP contribution in [0.15, 0.2) is 0 Å². The van der Waals surface area contributed by atoms with E-state index in [1.807, 2.05) is 0 Å². The molecule has 102 valence electrons. The Morgan fingerprint density at radius 3 is 2.71 bits per heavy atom. The van der Waals surface area contributed by atoms with E-state index < -0.39 is 0 Å². The van der Waals surface area contributed by atoms with E-state index >= 15 is 0 Å². The van der Waals surface area contributed by atoms with Gasteiger partial charge in [0.05, 0.1) is 6.61 Å². The Hall–Kier alpha value is -0.120. The molecule has 1 N–H and O–H groups in total. The Kier molecular flexibility index (Phi) is 6.45. The van der Waals surface area contributed by atoms with Gasteiger partial charge in [-0.25, -0.2) is 0 Å². The van der Waals surface area contributed by atoms with E-state index in [1.165, 1.54) is 19.4 Å². The van der Waals surface area contributed by atoms with Crippen LogP contribution in [-0.2, 0) is 4.74 Å². The van der Waals surface area contributed by atoms with Crippen LogP contribution in [0.5, 0.6) is 0 Å². The number of hydrogen-bond donors (Lipinski definition) is 1. The highest BCUT2D eigenvalue weighted by Gasteiger charge is 2.35. The second-order valence-corrected chi connectivity index (χ2v) is 5.79. The largest absolute Gasteiger partial charge is 0.381 e. The first kappa shape index (κ1) is 14.9. The quantitative estimate of drug-likeness (QED) is 0.704. The Morgan fingerprint density at radius 1 is 1.41 bits per heavy atom. The maximum absolute atomic E-state index is 5.62. The molecule has 3 nitrogen and oxygen atoms in total. The summed E-state index contributed by atoms with van der Waals surface area (Å²) >= 11 is 0. The first-order chi connectivity index (χ1) is 8.12. The molecule has 2 atom stereocenters. The van der Waals surface area contributed by atoms with Gasteiger partial charge in [-0.1, -0.05) is 27.2 Å². The van der Waals surface area contributed by atoms with Crippen molar-refractivity contribution in [2.45, 2.75) is 33.6 Å². The zero-order valence-electron chi connectivity index (χ0n) is 12.1. The van der Waals surface area contributed by atoms with Gasteiger partial charge >= 0.3 is 0 Å². The average Bonchev–Trinajstić information content (AvgIpc) is 2.75. The summed E-state index contributed by atoms with van der Waals surface area (Å²) in [7, 11) is 2.25. The predicted molar refractivity (Wildman–Crippen MR) is 73.4 cm³/mol. The molecule has 0 radical (unpaired) electrons. The first-order valence-corrected chi connectivity index (χ1v) is 7.09. The van der Waals surface area contributed by atoms with E-state index in [2.05, 4.69) is 38.0 Å². The fourth-order valence-corrected chi connectivity index (χ4v) is 2.66. The molecule has 17 heavy (non-hydrogen) atoms. The first-order valence-electron chi connectivity index (χ1n) is 7.09. The zero-order chi connectivity index (χ0) is 12.7. The molecule has 1 fully saturated rings. The van der Waals surface area contributed by atoms with Gasteiger partial charge in [0.25, 0.3) is 0 Å². The lowest BCUT2D eigenvalue weighted by atomic mass is 9.86. The molecule has 1 rings (SSSR count). The van der Waals surface area contributed by atoms with Gasteiger partial charge in [-0.2, -0.15) is 0 Å². The monoisotopic (exact) mass is 242 g/mol. The minimum absolute atomic E-state index is 0.345. The van der Waals surface area contributed by atoms with Crippen molar-refractivity contribution in [1.29, 1.82) is 0 Å². The van der Waals surface area contributed by atoms with Crippen LogP contribution in [0, 0.1) is 11.3 Å². The molecule has 0 amide bonds. The summed E-state index contributed by atoms with van der Waals surface area (Å²) in [5, 5.41) is 3.50. The van der Waals surface area contributed by atoms with Crippen molar-refractivity contribution >= 4 is 0 Å². The molecule has 0 spiro atoms. The molecular weight excluding hydrogens is 212 g/mol.